The monoisotopic (exact) mass is 428 g/mol. The fourth-order valence-corrected chi connectivity index (χ4v) is 9.94. The topological polar surface area (TPSA) is 29.5 Å². The van der Waals surface area contributed by atoms with Gasteiger partial charge in [-0.1, -0.05) is 47.5 Å². The molecule has 1 saturated heterocycles. The van der Waals surface area contributed by atoms with Crippen molar-refractivity contribution < 1.29 is 9.84 Å². The number of fused-ring (bicyclic) bond motifs is 7. The van der Waals surface area contributed by atoms with E-state index >= 15 is 0 Å². The van der Waals surface area contributed by atoms with Gasteiger partial charge in [0.1, 0.15) is 6.10 Å². The molecule has 5 rings (SSSR count). The lowest BCUT2D eigenvalue weighted by Gasteiger charge is -2.64. The Balaban J connectivity index is 1.34. The second-order valence-electron chi connectivity index (χ2n) is 13.3. The number of aliphatic hydroxyl groups excluding tert-OH is 1. The van der Waals surface area contributed by atoms with Gasteiger partial charge >= 0.3 is 0 Å². The van der Waals surface area contributed by atoms with Gasteiger partial charge in [0.05, 0.1) is 5.76 Å². The van der Waals surface area contributed by atoms with Crippen LogP contribution in [0.5, 0.6) is 0 Å². The van der Waals surface area contributed by atoms with E-state index in [0.717, 1.165) is 30.6 Å². The van der Waals surface area contributed by atoms with Crippen LogP contribution >= 0.6 is 0 Å². The summed E-state index contributed by atoms with van der Waals surface area (Å²) >= 11 is 0. The Bertz CT molecular complexity index is 714. The summed E-state index contributed by atoms with van der Waals surface area (Å²) < 4.78 is 6.70. The SMILES string of the molecule is CC1/C(=C/CC[C@H](C)CO)OC2C[C@H]3[C@@H]4CC[C@]5(C)CCCC[C@]5(C)[C@H]4CC[C@]3(C)C21. The first-order chi connectivity index (χ1) is 14.7. The van der Waals surface area contributed by atoms with Gasteiger partial charge in [-0.25, -0.2) is 0 Å². The van der Waals surface area contributed by atoms with E-state index in [-0.39, 0.29) is 0 Å². The van der Waals surface area contributed by atoms with Gasteiger partial charge in [-0.15, -0.1) is 0 Å². The molecule has 5 aliphatic rings. The molecular formula is C29H48O2. The summed E-state index contributed by atoms with van der Waals surface area (Å²) in [5.74, 6) is 5.72. The van der Waals surface area contributed by atoms with Crippen molar-refractivity contribution in [2.75, 3.05) is 6.61 Å². The number of aliphatic hydroxyl groups is 1. The summed E-state index contributed by atoms with van der Waals surface area (Å²) in [6.07, 6.45) is 18.0. The Kier molecular flexibility index (Phi) is 5.60. The molecule has 4 saturated carbocycles. The number of hydrogen-bond acceptors (Lipinski definition) is 2. The molecular weight excluding hydrogens is 380 g/mol. The van der Waals surface area contributed by atoms with E-state index in [1.807, 2.05) is 0 Å². The lowest BCUT2D eigenvalue weighted by atomic mass is 9.40. The van der Waals surface area contributed by atoms with E-state index in [9.17, 15) is 5.11 Å². The van der Waals surface area contributed by atoms with Gasteiger partial charge in [-0.2, -0.15) is 0 Å². The molecule has 1 heterocycles. The fraction of sp³-hybridized carbons (Fsp3) is 0.931. The highest BCUT2D eigenvalue weighted by Gasteiger charge is 2.66. The Morgan fingerprint density at radius 2 is 1.84 bits per heavy atom. The first-order valence-electron chi connectivity index (χ1n) is 13.7. The zero-order valence-electron chi connectivity index (χ0n) is 21.0. The van der Waals surface area contributed by atoms with Crippen molar-refractivity contribution in [2.24, 2.45) is 51.8 Å². The van der Waals surface area contributed by atoms with Crippen LogP contribution < -0.4 is 0 Å². The van der Waals surface area contributed by atoms with Crippen molar-refractivity contribution >= 4 is 0 Å². The van der Waals surface area contributed by atoms with Crippen molar-refractivity contribution in [3.63, 3.8) is 0 Å². The molecule has 10 atom stereocenters. The van der Waals surface area contributed by atoms with E-state index in [1.54, 1.807) is 0 Å². The predicted molar refractivity (Wildman–Crippen MR) is 127 cm³/mol. The summed E-state index contributed by atoms with van der Waals surface area (Å²) in [6, 6.07) is 0. The molecule has 4 aliphatic carbocycles. The first-order valence-corrected chi connectivity index (χ1v) is 13.7. The number of ether oxygens (including phenoxy) is 1. The maximum Gasteiger partial charge on any atom is 0.103 e. The molecule has 0 spiro atoms. The summed E-state index contributed by atoms with van der Waals surface area (Å²) in [4.78, 5) is 0. The molecule has 2 heteroatoms. The number of rotatable bonds is 4. The van der Waals surface area contributed by atoms with Gasteiger partial charge in [0.15, 0.2) is 0 Å². The van der Waals surface area contributed by atoms with Crippen LogP contribution in [-0.2, 0) is 4.74 Å². The molecule has 0 radical (unpaired) electrons. The minimum Gasteiger partial charge on any atom is -0.494 e. The molecule has 1 N–H and O–H groups in total. The van der Waals surface area contributed by atoms with Crippen LogP contribution in [0.3, 0.4) is 0 Å². The average Bonchev–Trinajstić information content (AvgIpc) is 3.22. The Morgan fingerprint density at radius 1 is 1.06 bits per heavy atom. The standard InChI is InChI=1S/C29H48O2/c1-19(18-30)9-8-10-24-20(2)26-25(31-24)17-23-21-11-15-27(3)13-6-7-14-29(27,5)22(21)12-16-28(23,26)4/h10,19-23,25-26,30H,6-9,11-18H2,1-5H3/b24-10-/t19-,20?,21+,22-,23-,25?,26?,27-,28-,29+/m0/s1. The average molecular weight is 429 g/mol. The molecule has 0 aromatic heterocycles. The molecule has 5 fully saturated rings. The van der Waals surface area contributed by atoms with Crippen LogP contribution in [0.25, 0.3) is 0 Å². The Morgan fingerprint density at radius 3 is 2.61 bits per heavy atom. The summed E-state index contributed by atoms with van der Waals surface area (Å²) in [5.41, 5.74) is 1.65. The molecule has 0 aromatic carbocycles. The van der Waals surface area contributed by atoms with E-state index in [2.05, 4.69) is 40.7 Å². The summed E-state index contributed by atoms with van der Waals surface area (Å²) in [5, 5.41) is 9.32. The van der Waals surface area contributed by atoms with Crippen LogP contribution in [0, 0.1) is 51.8 Å². The normalized spacial score (nSPS) is 53.3. The molecule has 1 aliphatic heterocycles. The molecule has 0 amide bonds. The fourth-order valence-electron chi connectivity index (χ4n) is 9.94. The number of hydrogen-bond donors (Lipinski definition) is 1. The largest absolute Gasteiger partial charge is 0.494 e. The zero-order valence-corrected chi connectivity index (χ0v) is 21.0. The highest BCUT2D eigenvalue weighted by atomic mass is 16.5. The Labute approximate surface area is 191 Å². The van der Waals surface area contributed by atoms with Crippen LogP contribution in [0.1, 0.15) is 105 Å². The molecule has 176 valence electrons. The molecule has 3 unspecified atom stereocenters. The third kappa shape index (κ3) is 3.20. The van der Waals surface area contributed by atoms with Gasteiger partial charge < -0.3 is 9.84 Å². The molecule has 0 bridgehead atoms. The van der Waals surface area contributed by atoms with Crippen molar-refractivity contribution in [1.82, 2.24) is 0 Å². The quantitative estimate of drug-likeness (QED) is 0.507. The lowest BCUT2D eigenvalue weighted by molar-refractivity contribution is -0.153. The van der Waals surface area contributed by atoms with Crippen LogP contribution in [0.4, 0.5) is 0 Å². The van der Waals surface area contributed by atoms with E-state index in [1.165, 1.54) is 63.5 Å². The zero-order chi connectivity index (χ0) is 22.0. The minimum absolute atomic E-state index is 0.297. The third-order valence-corrected chi connectivity index (χ3v) is 12.0. The summed E-state index contributed by atoms with van der Waals surface area (Å²) in [6.45, 7) is 12.9. The van der Waals surface area contributed by atoms with Crippen molar-refractivity contribution in [3.8, 4) is 0 Å². The predicted octanol–water partition coefficient (Wildman–Crippen LogP) is 7.36. The number of allylic oxidation sites excluding steroid dienone is 2. The third-order valence-electron chi connectivity index (χ3n) is 12.0. The van der Waals surface area contributed by atoms with E-state index < -0.39 is 0 Å². The van der Waals surface area contributed by atoms with Crippen molar-refractivity contribution in [1.29, 1.82) is 0 Å². The summed E-state index contributed by atoms with van der Waals surface area (Å²) in [7, 11) is 0. The molecule has 0 aromatic rings. The van der Waals surface area contributed by atoms with Gasteiger partial charge in [0, 0.05) is 18.4 Å². The van der Waals surface area contributed by atoms with Crippen LogP contribution in [-0.4, -0.2) is 17.8 Å². The van der Waals surface area contributed by atoms with Crippen molar-refractivity contribution in [2.45, 2.75) is 111 Å². The molecule has 31 heavy (non-hydrogen) atoms. The molecule has 2 nitrogen and oxygen atoms in total. The van der Waals surface area contributed by atoms with Gasteiger partial charge in [0.2, 0.25) is 0 Å². The van der Waals surface area contributed by atoms with E-state index in [0.29, 0.717) is 46.7 Å². The van der Waals surface area contributed by atoms with Gasteiger partial charge in [-0.05, 0) is 104 Å². The second-order valence-corrected chi connectivity index (χ2v) is 13.3. The van der Waals surface area contributed by atoms with Crippen LogP contribution in [0.2, 0.25) is 0 Å². The van der Waals surface area contributed by atoms with Gasteiger partial charge in [-0.3, -0.25) is 0 Å². The smallest absolute Gasteiger partial charge is 0.103 e. The Hall–Kier alpha value is -0.500. The van der Waals surface area contributed by atoms with Crippen molar-refractivity contribution in [3.05, 3.63) is 11.8 Å². The maximum absolute atomic E-state index is 9.32. The second kappa shape index (κ2) is 7.78. The van der Waals surface area contributed by atoms with Gasteiger partial charge in [0.25, 0.3) is 0 Å². The first kappa shape index (κ1) is 22.3. The highest BCUT2D eigenvalue weighted by Crippen LogP contribution is 2.72. The maximum atomic E-state index is 9.32. The van der Waals surface area contributed by atoms with E-state index in [4.69, 9.17) is 4.74 Å². The minimum atomic E-state index is 0.297. The highest BCUT2D eigenvalue weighted by molar-refractivity contribution is 5.19. The van der Waals surface area contributed by atoms with Crippen LogP contribution in [0.15, 0.2) is 11.8 Å². The lowest BCUT2D eigenvalue weighted by Crippen LogP contribution is -2.56.